The van der Waals surface area contributed by atoms with Gasteiger partial charge in [0.2, 0.25) is 6.41 Å². The number of ether oxygens (including phenoxy) is 1. The maximum Gasteiger partial charge on any atom is 0.253 e. The number of hydrogen-bond donors (Lipinski definition) is 1. The van der Waals surface area contributed by atoms with E-state index in [9.17, 15) is 9.59 Å². The molecule has 3 rings (SSSR count). The molecule has 0 bridgehead atoms. The summed E-state index contributed by atoms with van der Waals surface area (Å²) < 4.78 is 4.54. The summed E-state index contributed by atoms with van der Waals surface area (Å²) in [7, 11) is 7.55. The third kappa shape index (κ3) is 8.36. The Morgan fingerprint density at radius 1 is 1.17 bits per heavy atom. The molecule has 196 valence electrons. The molecular formula is C28H39ClN4O3. The van der Waals surface area contributed by atoms with Gasteiger partial charge in [-0.3, -0.25) is 9.59 Å². The second kappa shape index (κ2) is 14.6. The fourth-order valence-corrected chi connectivity index (χ4v) is 4.14. The van der Waals surface area contributed by atoms with Crippen LogP contribution in [0.15, 0.2) is 48.5 Å². The van der Waals surface area contributed by atoms with Crippen LogP contribution in [-0.4, -0.2) is 81.5 Å². The zero-order valence-corrected chi connectivity index (χ0v) is 22.8. The van der Waals surface area contributed by atoms with Gasteiger partial charge >= 0.3 is 0 Å². The van der Waals surface area contributed by atoms with Crippen molar-refractivity contribution < 1.29 is 14.3 Å². The van der Waals surface area contributed by atoms with Crippen molar-refractivity contribution in [2.75, 3.05) is 60.2 Å². The van der Waals surface area contributed by atoms with Gasteiger partial charge in [-0.05, 0) is 81.9 Å². The Kier molecular flexibility index (Phi) is 11.9. The Bertz CT molecular complexity index is 1020. The van der Waals surface area contributed by atoms with Crippen LogP contribution in [0.5, 0.6) is 0 Å². The van der Waals surface area contributed by atoms with Crippen LogP contribution in [0.4, 0.5) is 5.69 Å². The minimum Gasteiger partial charge on any atom is -0.398 e. The summed E-state index contributed by atoms with van der Waals surface area (Å²) in [6.07, 6.45) is 4.55. The van der Waals surface area contributed by atoms with E-state index in [1.807, 2.05) is 58.4 Å². The Labute approximate surface area is 220 Å². The van der Waals surface area contributed by atoms with Gasteiger partial charge in [-0.25, -0.2) is 0 Å². The molecule has 2 N–H and O–H groups in total. The molecule has 1 aliphatic rings. The third-order valence-electron chi connectivity index (χ3n) is 6.09. The maximum atomic E-state index is 12.7. The van der Waals surface area contributed by atoms with Crippen LogP contribution in [0.25, 0.3) is 5.57 Å². The molecule has 0 fully saturated rings. The lowest BCUT2D eigenvalue weighted by atomic mass is 9.91. The Morgan fingerprint density at radius 3 is 2.42 bits per heavy atom. The molecule has 7 nitrogen and oxygen atoms in total. The van der Waals surface area contributed by atoms with Crippen LogP contribution in [0, 0.1) is 0 Å². The van der Waals surface area contributed by atoms with Gasteiger partial charge in [0.15, 0.2) is 0 Å². The lowest BCUT2D eigenvalue weighted by molar-refractivity contribution is -0.119. The maximum absolute atomic E-state index is 12.7. The van der Waals surface area contributed by atoms with Crippen LogP contribution in [0.1, 0.15) is 47.3 Å². The molecule has 1 atom stereocenters. The zero-order chi connectivity index (χ0) is 26.7. The van der Waals surface area contributed by atoms with E-state index < -0.39 is 0 Å². The number of carbonyl (C=O) groups is 2. The minimum atomic E-state index is -0.225. The first-order valence-electron chi connectivity index (χ1n) is 12.2. The summed E-state index contributed by atoms with van der Waals surface area (Å²) in [5.74, 6) is -0.00544. The van der Waals surface area contributed by atoms with Gasteiger partial charge in [-0.1, -0.05) is 29.8 Å². The summed E-state index contributed by atoms with van der Waals surface area (Å²) in [4.78, 5) is 30.1. The molecule has 2 aromatic rings. The minimum absolute atomic E-state index is 0.00544. The van der Waals surface area contributed by atoms with Crippen molar-refractivity contribution in [3.63, 3.8) is 0 Å². The number of nitrogen functional groups attached to an aromatic ring is 1. The molecule has 1 heterocycles. The predicted molar refractivity (Wildman–Crippen MR) is 148 cm³/mol. The number of benzene rings is 2. The van der Waals surface area contributed by atoms with Crippen LogP contribution < -0.4 is 5.73 Å². The number of anilines is 1. The van der Waals surface area contributed by atoms with Gasteiger partial charge in [-0.15, -0.1) is 0 Å². The highest BCUT2D eigenvalue weighted by molar-refractivity contribution is 6.30. The van der Waals surface area contributed by atoms with E-state index in [1.54, 1.807) is 29.0 Å². The van der Waals surface area contributed by atoms with Gasteiger partial charge in [-0.2, -0.15) is 0 Å². The Hall–Kier alpha value is -2.87. The van der Waals surface area contributed by atoms with Crippen molar-refractivity contribution in [3.8, 4) is 0 Å². The fourth-order valence-electron chi connectivity index (χ4n) is 3.96. The highest BCUT2D eigenvalue weighted by atomic mass is 35.5. The zero-order valence-electron chi connectivity index (χ0n) is 22.0. The second-order valence-electron chi connectivity index (χ2n) is 9.04. The SMILES string of the molecule is CCOC.CN(C)CCCN(C)C(=O)c1ccc(C2C=C(c3cc(Cl)ccc3N)CCN2C=O)cc1. The number of amides is 2. The fraction of sp³-hybridized carbons (Fsp3) is 0.429. The summed E-state index contributed by atoms with van der Waals surface area (Å²) in [5, 5.41) is 0.627. The van der Waals surface area contributed by atoms with Gasteiger partial charge in [0.1, 0.15) is 0 Å². The molecule has 36 heavy (non-hydrogen) atoms. The molecule has 0 spiro atoms. The van der Waals surface area contributed by atoms with Crippen molar-refractivity contribution in [1.29, 1.82) is 0 Å². The predicted octanol–water partition coefficient (Wildman–Crippen LogP) is 4.59. The Balaban J connectivity index is 0.00000106. The van der Waals surface area contributed by atoms with Crippen molar-refractivity contribution in [1.82, 2.24) is 14.7 Å². The van der Waals surface area contributed by atoms with Crippen molar-refractivity contribution >= 4 is 35.2 Å². The summed E-state index contributed by atoms with van der Waals surface area (Å²) in [6.45, 7) is 5.00. The van der Waals surface area contributed by atoms with Crippen molar-refractivity contribution in [2.24, 2.45) is 0 Å². The number of carbonyl (C=O) groups excluding carboxylic acids is 2. The van der Waals surface area contributed by atoms with E-state index in [0.717, 1.165) is 42.7 Å². The average molecular weight is 515 g/mol. The first-order chi connectivity index (χ1) is 17.2. The molecule has 2 aromatic carbocycles. The molecule has 2 amide bonds. The molecule has 1 unspecified atom stereocenters. The normalized spacial score (nSPS) is 15.1. The molecule has 8 heteroatoms. The van der Waals surface area contributed by atoms with Gasteiger partial charge in [0, 0.05) is 55.7 Å². The molecule has 0 radical (unpaired) electrons. The molecular weight excluding hydrogens is 476 g/mol. The lowest BCUT2D eigenvalue weighted by Gasteiger charge is -2.32. The van der Waals surface area contributed by atoms with E-state index in [-0.39, 0.29) is 11.9 Å². The second-order valence-corrected chi connectivity index (χ2v) is 9.48. The van der Waals surface area contributed by atoms with E-state index in [0.29, 0.717) is 35.8 Å². The summed E-state index contributed by atoms with van der Waals surface area (Å²) in [5.41, 5.74) is 10.4. The number of nitrogens with two attached hydrogens (primary N) is 1. The molecule has 0 saturated carbocycles. The average Bonchev–Trinajstić information content (AvgIpc) is 2.89. The summed E-state index contributed by atoms with van der Waals surface area (Å²) in [6, 6.07) is 12.7. The number of methoxy groups -OCH3 is 1. The van der Waals surface area contributed by atoms with Crippen molar-refractivity contribution in [3.05, 3.63) is 70.3 Å². The largest absolute Gasteiger partial charge is 0.398 e. The number of hydrogen-bond acceptors (Lipinski definition) is 5. The lowest BCUT2D eigenvalue weighted by Crippen LogP contribution is -2.31. The van der Waals surface area contributed by atoms with Crippen LogP contribution in [0.3, 0.4) is 0 Å². The standard InChI is InChI=1S/C25H31ClN4O2.C3H8O/c1-28(2)12-4-13-29(3)25(32)19-7-5-18(6-8-19)24-15-20(11-14-30(24)17-31)22-16-21(26)9-10-23(22)27;1-3-4-2/h5-10,15-17,24H,4,11-14,27H2,1-3H3;3H2,1-2H3. The topological polar surface area (TPSA) is 79.1 Å². The molecule has 0 aliphatic carbocycles. The van der Waals surface area contributed by atoms with Crippen molar-refractivity contribution in [2.45, 2.75) is 25.8 Å². The number of rotatable bonds is 9. The van der Waals surface area contributed by atoms with E-state index >= 15 is 0 Å². The first-order valence-corrected chi connectivity index (χ1v) is 12.6. The molecule has 0 saturated heterocycles. The smallest absolute Gasteiger partial charge is 0.253 e. The van der Waals surface area contributed by atoms with Gasteiger partial charge in [0.05, 0.1) is 6.04 Å². The number of halogens is 1. The van der Waals surface area contributed by atoms with Gasteiger partial charge < -0.3 is 25.2 Å². The first kappa shape index (κ1) is 29.4. The Morgan fingerprint density at radius 2 is 1.83 bits per heavy atom. The highest BCUT2D eigenvalue weighted by Gasteiger charge is 2.24. The van der Waals surface area contributed by atoms with Crippen LogP contribution in [-0.2, 0) is 9.53 Å². The van der Waals surface area contributed by atoms with Gasteiger partial charge in [0.25, 0.3) is 5.91 Å². The van der Waals surface area contributed by atoms with E-state index in [4.69, 9.17) is 17.3 Å². The molecule has 1 aliphatic heterocycles. The summed E-state index contributed by atoms with van der Waals surface area (Å²) >= 11 is 6.18. The van der Waals surface area contributed by atoms with E-state index in [2.05, 4.69) is 15.7 Å². The monoisotopic (exact) mass is 514 g/mol. The quantitative estimate of drug-likeness (QED) is 0.391. The molecule has 0 aromatic heterocycles. The van der Waals surface area contributed by atoms with E-state index in [1.165, 1.54) is 0 Å². The highest BCUT2D eigenvalue weighted by Crippen LogP contribution is 2.35. The number of nitrogens with zero attached hydrogens (tertiary/aromatic N) is 3. The van der Waals surface area contributed by atoms with Crippen LogP contribution >= 0.6 is 11.6 Å². The van der Waals surface area contributed by atoms with Crippen LogP contribution in [0.2, 0.25) is 5.02 Å². The third-order valence-corrected chi connectivity index (χ3v) is 6.32.